The summed E-state index contributed by atoms with van der Waals surface area (Å²) in [5.41, 5.74) is 0.0156. The third-order valence-electron chi connectivity index (χ3n) is 3.32. The number of carboxylic acids is 1. The van der Waals surface area contributed by atoms with Gasteiger partial charge in [0.1, 0.15) is 0 Å². The zero-order chi connectivity index (χ0) is 11.1. The molecule has 15 heavy (non-hydrogen) atoms. The molecular weight excluding hydrogens is 194 g/mol. The Bertz CT molecular complexity index is 259. The van der Waals surface area contributed by atoms with E-state index in [1.165, 1.54) is 0 Å². The van der Waals surface area contributed by atoms with E-state index in [-0.39, 0.29) is 11.5 Å². The van der Waals surface area contributed by atoms with E-state index in [4.69, 9.17) is 9.84 Å². The Hall–Kier alpha value is -0.610. The second-order valence-electron chi connectivity index (χ2n) is 5.29. The Morgan fingerprint density at radius 2 is 2.20 bits per heavy atom. The second kappa shape index (κ2) is 3.76. The molecule has 1 unspecified atom stereocenters. The summed E-state index contributed by atoms with van der Waals surface area (Å²) in [6.07, 6.45) is 2.50. The maximum Gasteiger partial charge on any atom is 0.309 e. The predicted molar refractivity (Wildman–Crippen MR) is 55.8 cm³/mol. The van der Waals surface area contributed by atoms with Crippen molar-refractivity contribution < 1.29 is 14.6 Å². The molecule has 2 fully saturated rings. The van der Waals surface area contributed by atoms with E-state index in [2.05, 4.69) is 18.7 Å². The highest BCUT2D eigenvalue weighted by molar-refractivity contribution is 5.71. The molecule has 0 aliphatic carbocycles. The minimum Gasteiger partial charge on any atom is -0.481 e. The second-order valence-corrected chi connectivity index (χ2v) is 5.29. The lowest BCUT2D eigenvalue weighted by molar-refractivity contribution is -0.148. The van der Waals surface area contributed by atoms with Crippen LogP contribution < -0.4 is 0 Å². The fourth-order valence-electron chi connectivity index (χ4n) is 2.37. The number of hydrogen-bond acceptors (Lipinski definition) is 3. The summed E-state index contributed by atoms with van der Waals surface area (Å²) < 4.78 is 5.86. The summed E-state index contributed by atoms with van der Waals surface area (Å²) in [6, 6.07) is 0. The smallest absolute Gasteiger partial charge is 0.309 e. The van der Waals surface area contributed by atoms with E-state index >= 15 is 0 Å². The molecule has 0 saturated carbocycles. The highest BCUT2D eigenvalue weighted by atomic mass is 16.5. The molecule has 0 spiro atoms. The fraction of sp³-hybridized carbons (Fsp3) is 0.909. The average molecular weight is 213 g/mol. The molecule has 0 aromatic carbocycles. The monoisotopic (exact) mass is 213 g/mol. The first-order valence-electron chi connectivity index (χ1n) is 5.59. The molecular formula is C11H19NO3. The highest BCUT2D eigenvalue weighted by Gasteiger charge is 2.37. The van der Waals surface area contributed by atoms with E-state index in [9.17, 15) is 4.79 Å². The van der Waals surface area contributed by atoms with Gasteiger partial charge < -0.3 is 9.84 Å². The fourth-order valence-corrected chi connectivity index (χ4v) is 2.37. The molecule has 0 aromatic heterocycles. The molecule has 1 N–H and O–H groups in total. The van der Waals surface area contributed by atoms with Crippen molar-refractivity contribution in [3.05, 3.63) is 0 Å². The van der Waals surface area contributed by atoms with Crippen LogP contribution in [0, 0.1) is 5.92 Å². The van der Waals surface area contributed by atoms with Crippen molar-refractivity contribution in [2.24, 2.45) is 5.92 Å². The zero-order valence-electron chi connectivity index (χ0n) is 9.40. The molecule has 2 saturated heterocycles. The van der Waals surface area contributed by atoms with E-state index < -0.39 is 5.97 Å². The third kappa shape index (κ3) is 2.49. The lowest BCUT2D eigenvalue weighted by atomic mass is 9.99. The largest absolute Gasteiger partial charge is 0.481 e. The topological polar surface area (TPSA) is 49.8 Å². The van der Waals surface area contributed by atoms with Gasteiger partial charge in [0.2, 0.25) is 0 Å². The normalized spacial score (nSPS) is 31.5. The molecule has 2 rings (SSSR count). The molecule has 4 nitrogen and oxygen atoms in total. The van der Waals surface area contributed by atoms with E-state index in [0.717, 1.165) is 19.4 Å². The minimum absolute atomic E-state index is 0.0156. The van der Waals surface area contributed by atoms with Crippen molar-refractivity contribution in [3.63, 3.8) is 0 Å². The van der Waals surface area contributed by atoms with Crippen LogP contribution in [0.15, 0.2) is 0 Å². The molecule has 0 radical (unpaired) electrons. The Morgan fingerprint density at radius 3 is 2.67 bits per heavy atom. The number of nitrogens with zero attached hydrogens (tertiary/aromatic N) is 1. The first-order chi connectivity index (χ1) is 6.96. The van der Waals surface area contributed by atoms with Gasteiger partial charge in [-0.1, -0.05) is 0 Å². The lowest BCUT2D eigenvalue weighted by Crippen LogP contribution is -2.52. The number of rotatable bonds is 3. The van der Waals surface area contributed by atoms with Crippen LogP contribution in [0.1, 0.15) is 26.7 Å². The van der Waals surface area contributed by atoms with Crippen LogP contribution in [0.4, 0.5) is 0 Å². The number of carbonyl (C=O) groups is 1. The van der Waals surface area contributed by atoms with Crippen LogP contribution in [-0.2, 0) is 9.53 Å². The molecule has 1 atom stereocenters. The molecule has 0 bridgehead atoms. The SMILES string of the molecule is CC1(C)CCC(CN2CC(C(=O)O)C2)O1. The predicted octanol–water partition coefficient (Wildman–Crippen LogP) is 0.960. The summed E-state index contributed by atoms with van der Waals surface area (Å²) >= 11 is 0. The van der Waals surface area contributed by atoms with E-state index in [1.807, 2.05) is 0 Å². The zero-order valence-corrected chi connectivity index (χ0v) is 9.40. The summed E-state index contributed by atoms with van der Waals surface area (Å²) in [5, 5.41) is 8.74. The van der Waals surface area contributed by atoms with Crippen LogP contribution in [-0.4, -0.2) is 47.3 Å². The van der Waals surface area contributed by atoms with Crippen molar-refractivity contribution >= 4 is 5.97 Å². The van der Waals surface area contributed by atoms with Gasteiger partial charge >= 0.3 is 5.97 Å². The van der Waals surface area contributed by atoms with Gasteiger partial charge in [-0.15, -0.1) is 0 Å². The summed E-state index contributed by atoms with van der Waals surface area (Å²) in [7, 11) is 0. The van der Waals surface area contributed by atoms with Crippen molar-refractivity contribution in [1.82, 2.24) is 4.90 Å². The van der Waals surface area contributed by atoms with Gasteiger partial charge in [0.05, 0.1) is 17.6 Å². The van der Waals surface area contributed by atoms with Gasteiger partial charge in [-0.05, 0) is 26.7 Å². The molecule has 0 amide bonds. The number of ether oxygens (including phenoxy) is 1. The molecule has 86 valence electrons. The van der Waals surface area contributed by atoms with E-state index in [0.29, 0.717) is 19.2 Å². The van der Waals surface area contributed by atoms with Gasteiger partial charge in [-0.2, -0.15) is 0 Å². The Morgan fingerprint density at radius 1 is 1.53 bits per heavy atom. The number of hydrogen-bond donors (Lipinski definition) is 1. The number of carboxylic acid groups (broad SMARTS) is 1. The van der Waals surface area contributed by atoms with Gasteiger partial charge in [0.15, 0.2) is 0 Å². The van der Waals surface area contributed by atoms with Gasteiger partial charge in [-0.3, -0.25) is 9.69 Å². The van der Waals surface area contributed by atoms with Crippen LogP contribution in [0.2, 0.25) is 0 Å². The third-order valence-corrected chi connectivity index (χ3v) is 3.32. The summed E-state index contributed by atoms with van der Waals surface area (Å²) in [6.45, 7) is 6.50. The van der Waals surface area contributed by atoms with Gasteiger partial charge in [0, 0.05) is 19.6 Å². The van der Waals surface area contributed by atoms with Crippen molar-refractivity contribution in [1.29, 1.82) is 0 Å². The van der Waals surface area contributed by atoms with Gasteiger partial charge in [-0.25, -0.2) is 0 Å². The van der Waals surface area contributed by atoms with Crippen molar-refractivity contribution in [3.8, 4) is 0 Å². The van der Waals surface area contributed by atoms with Crippen LogP contribution in [0.3, 0.4) is 0 Å². The highest BCUT2D eigenvalue weighted by Crippen LogP contribution is 2.30. The van der Waals surface area contributed by atoms with Crippen LogP contribution >= 0.6 is 0 Å². The van der Waals surface area contributed by atoms with E-state index in [1.54, 1.807) is 0 Å². The average Bonchev–Trinajstić information content (AvgIpc) is 2.36. The maximum atomic E-state index is 10.6. The van der Waals surface area contributed by atoms with Crippen molar-refractivity contribution in [2.45, 2.75) is 38.4 Å². The standard InChI is InChI=1S/C11H19NO3/c1-11(2)4-3-9(15-11)7-12-5-8(6-12)10(13)14/h8-9H,3-7H2,1-2H3,(H,13,14). The first kappa shape index (κ1) is 10.9. The molecule has 0 aromatic rings. The molecule has 4 heteroatoms. The molecule has 2 aliphatic heterocycles. The first-order valence-corrected chi connectivity index (χ1v) is 5.59. The lowest BCUT2D eigenvalue weighted by Gasteiger charge is -2.38. The number of aliphatic carboxylic acids is 1. The number of likely N-dealkylation sites (tertiary alicyclic amines) is 1. The Balaban J connectivity index is 1.70. The summed E-state index contributed by atoms with van der Waals surface area (Å²) in [5.74, 6) is -0.821. The summed E-state index contributed by atoms with van der Waals surface area (Å²) in [4.78, 5) is 12.8. The van der Waals surface area contributed by atoms with Crippen LogP contribution in [0.25, 0.3) is 0 Å². The maximum absolute atomic E-state index is 10.6. The Kier molecular flexibility index (Phi) is 2.73. The van der Waals surface area contributed by atoms with Crippen LogP contribution in [0.5, 0.6) is 0 Å². The minimum atomic E-state index is -0.668. The van der Waals surface area contributed by atoms with Gasteiger partial charge in [0.25, 0.3) is 0 Å². The van der Waals surface area contributed by atoms with Crippen molar-refractivity contribution in [2.75, 3.05) is 19.6 Å². The Labute approximate surface area is 90.2 Å². The quantitative estimate of drug-likeness (QED) is 0.758. The molecule has 2 aliphatic rings. The molecule has 2 heterocycles.